The lowest BCUT2D eigenvalue weighted by molar-refractivity contribution is 0.627. The van der Waals surface area contributed by atoms with Crippen molar-refractivity contribution in [3.05, 3.63) is 53.3 Å². The number of nitrogens with two attached hydrogens (primary N) is 1. The Hall–Kier alpha value is -1.83. The smallest absolute Gasteiger partial charge is 0.124 e. The zero-order chi connectivity index (χ0) is 11.7. The third-order valence-corrected chi connectivity index (χ3v) is 2.60. The van der Waals surface area contributed by atoms with Crippen LogP contribution in [0.4, 0.5) is 10.1 Å². The fraction of sp³-hybridized carbons (Fsp3) is 0.143. The third-order valence-electron chi connectivity index (χ3n) is 2.60. The second-order valence-corrected chi connectivity index (χ2v) is 4.09. The lowest BCUT2D eigenvalue weighted by Crippen LogP contribution is -1.90. The molecule has 0 unspecified atom stereocenters. The molecule has 2 N–H and O–H groups in total. The average Bonchev–Trinajstić information content (AvgIpc) is 2.15. The Morgan fingerprint density at radius 2 is 1.75 bits per heavy atom. The fourth-order valence-corrected chi connectivity index (χ4v) is 1.90. The molecule has 0 spiro atoms. The second-order valence-electron chi connectivity index (χ2n) is 4.09. The lowest BCUT2D eigenvalue weighted by atomic mass is 9.98. The zero-order valence-electron chi connectivity index (χ0n) is 9.42. The van der Waals surface area contributed by atoms with Crippen LogP contribution in [0.25, 0.3) is 11.1 Å². The van der Waals surface area contributed by atoms with E-state index in [4.69, 9.17) is 5.73 Å². The van der Waals surface area contributed by atoms with Crippen molar-refractivity contribution in [1.82, 2.24) is 0 Å². The summed E-state index contributed by atoms with van der Waals surface area (Å²) >= 11 is 0. The number of benzene rings is 2. The fourth-order valence-electron chi connectivity index (χ4n) is 1.90. The number of hydrogen-bond acceptors (Lipinski definition) is 1. The predicted octanol–water partition coefficient (Wildman–Crippen LogP) is 3.69. The summed E-state index contributed by atoms with van der Waals surface area (Å²) in [6.07, 6.45) is 0. The zero-order valence-corrected chi connectivity index (χ0v) is 9.42. The van der Waals surface area contributed by atoms with Crippen molar-refractivity contribution in [2.75, 3.05) is 5.73 Å². The summed E-state index contributed by atoms with van der Waals surface area (Å²) in [4.78, 5) is 0. The van der Waals surface area contributed by atoms with Gasteiger partial charge in [0.15, 0.2) is 0 Å². The summed E-state index contributed by atoms with van der Waals surface area (Å²) in [5.74, 6) is -0.203. The summed E-state index contributed by atoms with van der Waals surface area (Å²) in [7, 11) is 0. The van der Waals surface area contributed by atoms with E-state index in [0.717, 1.165) is 27.9 Å². The van der Waals surface area contributed by atoms with E-state index >= 15 is 0 Å². The molecule has 16 heavy (non-hydrogen) atoms. The number of rotatable bonds is 1. The summed E-state index contributed by atoms with van der Waals surface area (Å²) in [5, 5.41) is 0. The van der Waals surface area contributed by atoms with Crippen molar-refractivity contribution < 1.29 is 4.39 Å². The molecule has 0 aliphatic rings. The van der Waals surface area contributed by atoms with E-state index in [-0.39, 0.29) is 5.82 Å². The van der Waals surface area contributed by atoms with E-state index in [9.17, 15) is 4.39 Å². The molecule has 0 saturated heterocycles. The molecule has 2 heteroatoms. The van der Waals surface area contributed by atoms with Crippen molar-refractivity contribution in [2.24, 2.45) is 0 Å². The van der Waals surface area contributed by atoms with Crippen molar-refractivity contribution >= 4 is 5.69 Å². The predicted molar refractivity (Wildman–Crippen MR) is 65.7 cm³/mol. The maximum absolute atomic E-state index is 13.3. The highest BCUT2D eigenvalue weighted by Crippen LogP contribution is 2.26. The van der Waals surface area contributed by atoms with Crippen LogP contribution < -0.4 is 5.73 Å². The molecule has 2 aromatic rings. The SMILES string of the molecule is Cc1cc(F)cc(-c2ccc(N)cc2C)c1. The molecule has 0 aliphatic carbocycles. The van der Waals surface area contributed by atoms with Crippen LogP contribution in [0, 0.1) is 19.7 Å². The molecule has 0 heterocycles. The van der Waals surface area contributed by atoms with Crippen LogP contribution >= 0.6 is 0 Å². The molecule has 0 amide bonds. The first kappa shape index (κ1) is 10.7. The van der Waals surface area contributed by atoms with Gasteiger partial charge < -0.3 is 5.73 Å². The Kier molecular flexibility index (Phi) is 2.65. The summed E-state index contributed by atoms with van der Waals surface area (Å²) in [6, 6.07) is 10.7. The molecule has 2 aromatic carbocycles. The average molecular weight is 215 g/mol. The normalized spacial score (nSPS) is 10.4. The Bertz CT molecular complexity index is 512. The Morgan fingerprint density at radius 1 is 1.00 bits per heavy atom. The van der Waals surface area contributed by atoms with Gasteiger partial charge in [0.05, 0.1) is 0 Å². The van der Waals surface area contributed by atoms with Crippen molar-refractivity contribution in [1.29, 1.82) is 0 Å². The van der Waals surface area contributed by atoms with E-state index in [0.29, 0.717) is 0 Å². The van der Waals surface area contributed by atoms with Crippen LogP contribution in [0.15, 0.2) is 36.4 Å². The van der Waals surface area contributed by atoms with Gasteiger partial charge in [-0.2, -0.15) is 0 Å². The molecular weight excluding hydrogens is 201 g/mol. The van der Waals surface area contributed by atoms with Gasteiger partial charge in [0, 0.05) is 5.69 Å². The minimum atomic E-state index is -0.203. The molecule has 0 atom stereocenters. The van der Waals surface area contributed by atoms with Gasteiger partial charge in [-0.15, -0.1) is 0 Å². The number of aryl methyl sites for hydroxylation is 2. The van der Waals surface area contributed by atoms with Gasteiger partial charge in [-0.1, -0.05) is 12.1 Å². The number of nitrogen functional groups attached to an aromatic ring is 1. The van der Waals surface area contributed by atoms with E-state index < -0.39 is 0 Å². The minimum Gasteiger partial charge on any atom is -0.399 e. The van der Waals surface area contributed by atoms with Gasteiger partial charge in [0.2, 0.25) is 0 Å². The molecule has 82 valence electrons. The van der Waals surface area contributed by atoms with Gasteiger partial charge >= 0.3 is 0 Å². The topological polar surface area (TPSA) is 26.0 Å². The number of anilines is 1. The largest absolute Gasteiger partial charge is 0.399 e. The van der Waals surface area contributed by atoms with Gasteiger partial charge in [0.1, 0.15) is 5.82 Å². The van der Waals surface area contributed by atoms with E-state index in [1.807, 2.05) is 38.1 Å². The van der Waals surface area contributed by atoms with Gasteiger partial charge in [-0.05, 0) is 60.4 Å². The van der Waals surface area contributed by atoms with Crippen LogP contribution in [-0.4, -0.2) is 0 Å². The third kappa shape index (κ3) is 2.06. The first-order valence-electron chi connectivity index (χ1n) is 5.20. The maximum atomic E-state index is 13.3. The summed E-state index contributed by atoms with van der Waals surface area (Å²) in [5.41, 5.74) is 10.3. The van der Waals surface area contributed by atoms with E-state index in [2.05, 4.69) is 0 Å². The highest BCUT2D eigenvalue weighted by molar-refractivity contribution is 5.70. The van der Waals surface area contributed by atoms with Crippen LogP contribution in [0.3, 0.4) is 0 Å². The molecule has 2 rings (SSSR count). The molecule has 1 nitrogen and oxygen atoms in total. The van der Waals surface area contributed by atoms with Gasteiger partial charge in [-0.3, -0.25) is 0 Å². The van der Waals surface area contributed by atoms with Crippen LogP contribution in [0.1, 0.15) is 11.1 Å². The molecule has 0 aliphatic heterocycles. The van der Waals surface area contributed by atoms with Crippen molar-refractivity contribution in [3.8, 4) is 11.1 Å². The summed E-state index contributed by atoms with van der Waals surface area (Å²) < 4.78 is 13.3. The monoisotopic (exact) mass is 215 g/mol. The van der Waals surface area contributed by atoms with Gasteiger partial charge in [-0.25, -0.2) is 4.39 Å². The molecule has 0 saturated carbocycles. The van der Waals surface area contributed by atoms with Crippen LogP contribution in [0.2, 0.25) is 0 Å². The number of hydrogen-bond donors (Lipinski definition) is 1. The standard InChI is InChI=1S/C14H14FN/c1-9-5-11(8-12(15)6-9)14-4-3-13(16)7-10(14)2/h3-8H,16H2,1-2H3. The molecule has 0 bridgehead atoms. The Labute approximate surface area is 94.7 Å². The first-order chi connectivity index (χ1) is 7.56. The Morgan fingerprint density at radius 3 is 2.38 bits per heavy atom. The van der Waals surface area contributed by atoms with E-state index in [1.54, 1.807) is 6.07 Å². The molecule has 0 radical (unpaired) electrons. The molecular formula is C14H14FN. The molecule has 0 aromatic heterocycles. The minimum absolute atomic E-state index is 0.203. The van der Waals surface area contributed by atoms with Gasteiger partial charge in [0.25, 0.3) is 0 Å². The summed E-state index contributed by atoms with van der Waals surface area (Å²) in [6.45, 7) is 3.87. The van der Waals surface area contributed by atoms with E-state index in [1.165, 1.54) is 6.07 Å². The lowest BCUT2D eigenvalue weighted by Gasteiger charge is -2.08. The number of halogens is 1. The first-order valence-corrected chi connectivity index (χ1v) is 5.20. The van der Waals surface area contributed by atoms with Crippen LogP contribution in [0.5, 0.6) is 0 Å². The quantitative estimate of drug-likeness (QED) is 0.721. The highest BCUT2D eigenvalue weighted by atomic mass is 19.1. The second kappa shape index (κ2) is 3.97. The highest BCUT2D eigenvalue weighted by Gasteiger charge is 2.04. The maximum Gasteiger partial charge on any atom is 0.124 e. The molecule has 0 fully saturated rings. The van der Waals surface area contributed by atoms with Crippen molar-refractivity contribution in [3.63, 3.8) is 0 Å². The van der Waals surface area contributed by atoms with Crippen molar-refractivity contribution in [2.45, 2.75) is 13.8 Å². The van der Waals surface area contributed by atoms with Crippen LogP contribution in [-0.2, 0) is 0 Å². The Balaban J connectivity index is 2.58.